The van der Waals surface area contributed by atoms with E-state index in [0.29, 0.717) is 17.5 Å². The lowest BCUT2D eigenvalue weighted by Crippen LogP contribution is -2.15. The quantitative estimate of drug-likeness (QED) is 0.872. The molecule has 1 saturated carbocycles. The Morgan fingerprint density at radius 1 is 0.952 bits per heavy atom. The van der Waals surface area contributed by atoms with Crippen molar-refractivity contribution in [1.82, 2.24) is 5.32 Å². The zero-order chi connectivity index (χ0) is 14.8. The van der Waals surface area contributed by atoms with E-state index in [1.54, 1.807) is 6.07 Å². The van der Waals surface area contributed by atoms with Crippen LogP contribution in [0.5, 0.6) is 0 Å². The van der Waals surface area contributed by atoms with Crippen LogP contribution in [0.3, 0.4) is 0 Å². The van der Waals surface area contributed by atoms with Crippen LogP contribution in [0.4, 0.5) is 13.2 Å². The van der Waals surface area contributed by atoms with Gasteiger partial charge in [0, 0.05) is 28.4 Å². The number of hydrogen-bond donors (Lipinski definition) is 1. The Kier molecular flexibility index (Phi) is 4.22. The van der Waals surface area contributed by atoms with Crippen LogP contribution in [0.25, 0.3) is 0 Å². The van der Waals surface area contributed by atoms with Gasteiger partial charge in [0.05, 0.1) is 0 Å². The monoisotopic (exact) mass is 309 g/mol. The number of rotatable bonds is 5. The van der Waals surface area contributed by atoms with E-state index in [2.05, 4.69) is 5.32 Å². The van der Waals surface area contributed by atoms with Crippen LogP contribution in [0.15, 0.2) is 46.2 Å². The molecule has 2 aromatic carbocycles. The third kappa shape index (κ3) is 3.80. The standard InChI is InChI=1S/C16H14F3NS/c17-11-2-6-16(14(19)8-11)21-15-5-1-10(7-13(15)18)9-20-12-3-4-12/h1-2,5-8,12,20H,3-4,9H2. The maximum absolute atomic E-state index is 14.0. The van der Waals surface area contributed by atoms with E-state index in [0.717, 1.165) is 29.5 Å². The summed E-state index contributed by atoms with van der Waals surface area (Å²) in [5, 5.41) is 3.31. The van der Waals surface area contributed by atoms with Crippen LogP contribution >= 0.6 is 11.8 Å². The van der Waals surface area contributed by atoms with Crippen LogP contribution in [0.1, 0.15) is 18.4 Å². The van der Waals surface area contributed by atoms with Crippen molar-refractivity contribution >= 4 is 11.8 Å². The summed E-state index contributed by atoms with van der Waals surface area (Å²) in [6.45, 7) is 0.636. The van der Waals surface area contributed by atoms with Crippen molar-refractivity contribution in [2.24, 2.45) is 0 Å². The molecule has 2 aromatic rings. The van der Waals surface area contributed by atoms with Gasteiger partial charge in [0.1, 0.15) is 17.5 Å². The maximum atomic E-state index is 14.0. The van der Waals surface area contributed by atoms with E-state index >= 15 is 0 Å². The predicted octanol–water partition coefficient (Wildman–Crippen LogP) is 4.51. The van der Waals surface area contributed by atoms with Crippen molar-refractivity contribution in [2.45, 2.75) is 35.2 Å². The summed E-state index contributed by atoms with van der Waals surface area (Å²) in [5.74, 6) is -1.71. The summed E-state index contributed by atoms with van der Waals surface area (Å²) in [7, 11) is 0. The van der Waals surface area contributed by atoms with Gasteiger partial charge >= 0.3 is 0 Å². The number of halogens is 3. The van der Waals surface area contributed by atoms with Gasteiger partial charge < -0.3 is 5.32 Å². The Labute approximate surface area is 125 Å². The zero-order valence-corrected chi connectivity index (χ0v) is 12.0. The van der Waals surface area contributed by atoms with Crippen molar-refractivity contribution in [3.63, 3.8) is 0 Å². The molecule has 0 bridgehead atoms. The summed E-state index contributed by atoms with van der Waals surface area (Å²) < 4.78 is 40.5. The summed E-state index contributed by atoms with van der Waals surface area (Å²) in [4.78, 5) is 0.537. The molecule has 0 amide bonds. The Morgan fingerprint density at radius 2 is 1.62 bits per heavy atom. The van der Waals surface area contributed by atoms with Crippen LogP contribution < -0.4 is 5.32 Å². The molecular formula is C16H14F3NS. The topological polar surface area (TPSA) is 12.0 Å². The molecule has 1 aliphatic carbocycles. The van der Waals surface area contributed by atoms with Gasteiger partial charge in [0.15, 0.2) is 0 Å². The highest BCUT2D eigenvalue weighted by molar-refractivity contribution is 7.99. The first-order chi connectivity index (χ1) is 10.1. The molecule has 1 aliphatic rings. The fourth-order valence-corrected chi connectivity index (χ4v) is 2.79. The van der Waals surface area contributed by atoms with Crippen LogP contribution in [-0.4, -0.2) is 6.04 Å². The van der Waals surface area contributed by atoms with Crippen molar-refractivity contribution in [2.75, 3.05) is 0 Å². The molecule has 0 radical (unpaired) electrons. The van der Waals surface area contributed by atoms with E-state index in [1.165, 1.54) is 25.0 Å². The molecule has 110 valence electrons. The molecule has 21 heavy (non-hydrogen) atoms. The second-order valence-electron chi connectivity index (χ2n) is 5.10. The summed E-state index contributed by atoms with van der Waals surface area (Å²) >= 11 is 0.958. The molecule has 0 atom stereocenters. The van der Waals surface area contributed by atoms with E-state index in [9.17, 15) is 13.2 Å². The third-order valence-corrected chi connectivity index (χ3v) is 4.38. The number of nitrogens with one attached hydrogen (secondary N) is 1. The lowest BCUT2D eigenvalue weighted by Gasteiger charge is -2.08. The molecule has 3 rings (SSSR count). The van der Waals surface area contributed by atoms with Gasteiger partial charge in [0.25, 0.3) is 0 Å². The Balaban J connectivity index is 1.72. The fraction of sp³-hybridized carbons (Fsp3) is 0.250. The van der Waals surface area contributed by atoms with E-state index < -0.39 is 11.6 Å². The molecule has 5 heteroatoms. The largest absolute Gasteiger partial charge is 0.310 e. The van der Waals surface area contributed by atoms with Crippen molar-refractivity contribution in [3.8, 4) is 0 Å². The van der Waals surface area contributed by atoms with Crippen LogP contribution in [-0.2, 0) is 6.54 Å². The van der Waals surface area contributed by atoms with Gasteiger partial charge in [-0.15, -0.1) is 0 Å². The van der Waals surface area contributed by atoms with Crippen molar-refractivity contribution in [3.05, 3.63) is 59.4 Å². The van der Waals surface area contributed by atoms with Crippen LogP contribution in [0.2, 0.25) is 0 Å². The SMILES string of the molecule is Fc1ccc(Sc2ccc(CNC3CC3)cc2F)c(F)c1. The molecule has 1 nitrogen and oxygen atoms in total. The smallest absolute Gasteiger partial charge is 0.140 e. The van der Waals surface area contributed by atoms with Gasteiger partial charge in [0.2, 0.25) is 0 Å². The first-order valence-electron chi connectivity index (χ1n) is 6.76. The Hall–Kier alpha value is -1.46. The molecule has 0 heterocycles. The average Bonchev–Trinajstić information content (AvgIpc) is 3.26. The highest BCUT2D eigenvalue weighted by Crippen LogP contribution is 2.32. The molecule has 0 spiro atoms. The molecule has 0 aromatic heterocycles. The number of benzene rings is 2. The van der Waals surface area contributed by atoms with Gasteiger partial charge in [-0.3, -0.25) is 0 Å². The molecular weight excluding hydrogens is 295 g/mol. The fourth-order valence-electron chi connectivity index (χ4n) is 1.96. The maximum Gasteiger partial charge on any atom is 0.140 e. The van der Waals surface area contributed by atoms with Crippen molar-refractivity contribution in [1.29, 1.82) is 0 Å². The molecule has 0 unspecified atom stereocenters. The normalized spacial score (nSPS) is 14.4. The number of hydrogen-bond acceptors (Lipinski definition) is 2. The van der Waals surface area contributed by atoms with E-state index in [4.69, 9.17) is 0 Å². The van der Waals surface area contributed by atoms with Crippen LogP contribution in [0, 0.1) is 17.5 Å². The van der Waals surface area contributed by atoms with Crippen molar-refractivity contribution < 1.29 is 13.2 Å². The lowest BCUT2D eigenvalue weighted by molar-refractivity contribution is 0.565. The lowest BCUT2D eigenvalue weighted by atomic mass is 10.2. The van der Waals surface area contributed by atoms with Gasteiger partial charge in [-0.1, -0.05) is 17.8 Å². The molecule has 1 N–H and O–H groups in total. The minimum atomic E-state index is -0.682. The Morgan fingerprint density at radius 3 is 2.24 bits per heavy atom. The minimum Gasteiger partial charge on any atom is -0.310 e. The first-order valence-corrected chi connectivity index (χ1v) is 7.58. The Bertz CT molecular complexity index is 656. The third-order valence-electron chi connectivity index (χ3n) is 3.28. The van der Waals surface area contributed by atoms with Gasteiger partial charge in [-0.25, -0.2) is 13.2 Å². The zero-order valence-electron chi connectivity index (χ0n) is 11.2. The average molecular weight is 309 g/mol. The first kappa shape index (κ1) is 14.5. The minimum absolute atomic E-state index is 0.208. The van der Waals surface area contributed by atoms with E-state index in [1.807, 2.05) is 6.07 Å². The summed E-state index contributed by atoms with van der Waals surface area (Å²) in [6.07, 6.45) is 2.36. The predicted molar refractivity (Wildman–Crippen MR) is 76.7 cm³/mol. The molecule has 0 aliphatic heterocycles. The highest BCUT2D eigenvalue weighted by atomic mass is 32.2. The van der Waals surface area contributed by atoms with Gasteiger partial charge in [-0.2, -0.15) is 0 Å². The van der Waals surface area contributed by atoms with Gasteiger partial charge in [-0.05, 0) is 42.7 Å². The van der Waals surface area contributed by atoms with E-state index in [-0.39, 0.29) is 10.7 Å². The highest BCUT2D eigenvalue weighted by Gasteiger charge is 2.20. The molecule has 0 saturated heterocycles. The summed E-state index contributed by atoms with van der Waals surface area (Å²) in [6, 6.07) is 8.76. The second kappa shape index (κ2) is 6.12. The second-order valence-corrected chi connectivity index (χ2v) is 6.18. The molecule has 1 fully saturated rings. The summed E-state index contributed by atoms with van der Waals surface area (Å²) in [5.41, 5.74) is 0.864.